The van der Waals surface area contributed by atoms with Crippen molar-refractivity contribution in [2.24, 2.45) is 0 Å². The molecular weight excluding hydrogens is 255 g/mol. The van der Waals surface area contributed by atoms with Crippen molar-refractivity contribution in [3.63, 3.8) is 0 Å². The van der Waals surface area contributed by atoms with Crippen molar-refractivity contribution >= 4 is 5.82 Å². The maximum atomic E-state index is 13.4. The van der Waals surface area contributed by atoms with Crippen LogP contribution < -0.4 is 10.2 Å². The summed E-state index contributed by atoms with van der Waals surface area (Å²) in [6.45, 7) is 5.01. The van der Waals surface area contributed by atoms with Gasteiger partial charge in [-0.1, -0.05) is 6.42 Å². The summed E-state index contributed by atoms with van der Waals surface area (Å²) in [4.78, 5) is 9.28. The smallest absolute Gasteiger partial charge is 0.141 e. The Bertz CT molecular complexity index is 465. The molecule has 0 amide bonds. The van der Waals surface area contributed by atoms with Gasteiger partial charge in [-0.3, -0.25) is 4.90 Å². The molecule has 110 valence electrons. The molecule has 1 unspecified atom stereocenters. The van der Waals surface area contributed by atoms with Gasteiger partial charge in [0, 0.05) is 37.8 Å². The number of pyridine rings is 1. The van der Waals surface area contributed by atoms with E-state index in [0.29, 0.717) is 12.6 Å². The van der Waals surface area contributed by atoms with Gasteiger partial charge in [-0.2, -0.15) is 0 Å². The van der Waals surface area contributed by atoms with E-state index >= 15 is 0 Å². The van der Waals surface area contributed by atoms with E-state index < -0.39 is 0 Å². The van der Waals surface area contributed by atoms with Crippen LogP contribution in [0.4, 0.5) is 10.2 Å². The highest BCUT2D eigenvalue weighted by Crippen LogP contribution is 2.26. The van der Waals surface area contributed by atoms with Crippen LogP contribution >= 0.6 is 0 Å². The molecule has 3 rings (SSSR count). The number of nitrogens with one attached hydrogen (secondary N) is 1. The maximum absolute atomic E-state index is 13.4. The lowest BCUT2D eigenvalue weighted by molar-refractivity contribution is 0.133. The summed E-state index contributed by atoms with van der Waals surface area (Å²) in [6, 6.07) is 2.25. The first-order valence-electron chi connectivity index (χ1n) is 7.56. The SMILES string of the molecule is CNCc1cc(F)cnc1N1CCN2CCCCC2C1. The Labute approximate surface area is 120 Å². The molecule has 1 aromatic rings. The molecule has 0 bridgehead atoms. The Balaban J connectivity index is 1.78. The molecule has 1 aromatic heterocycles. The van der Waals surface area contributed by atoms with Crippen LogP contribution in [0, 0.1) is 5.82 Å². The molecule has 20 heavy (non-hydrogen) atoms. The number of hydrogen-bond donors (Lipinski definition) is 1. The standard InChI is InChI=1S/C15H23FN4/c1-17-9-12-8-13(16)10-18-15(12)20-7-6-19-5-3-2-4-14(19)11-20/h8,10,14,17H,2-7,9,11H2,1H3. The van der Waals surface area contributed by atoms with E-state index in [1.54, 1.807) is 6.07 Å². The first-order chi connectivity index (χ1) is 9.78. The van der Waals surface area contributed by atoms with Crippen molar-refractivity contribution in [2.45, 2.75) is 31.8 Å². The van der Waals surface area contributed by atoms with E-state index in [9.17, 15) is 4.39 Å². The molecule has 3 heterocycles. The molecule has 2 aliphatic rings. The number of aromatic nitrogens is 1. The lowest BCUT2D eigenvalue weighted by Crippen LogP contribution is -2.55. The molecule has 0 spiro atoms. The number of nitrogens with zero attached hydrogens (tertiary/aromatic N) is 3. The fourth-order valence-corrected chi connectivity index (χ4v) is 3.43. The van der Waals surface area contributed by atoms with Crippen LogP contribution in [0.2, 0.25) is 0 Å². The minimum absolute atomic E-state index is 0.254. The van der Waals surface area contributed by atoms with E-state index in [2.05, 4.69) is 20.1 Å². The molecule has 2 saturated heterocycles. The average Bonchev–Trinajstić information content (AvgIpc) is 2.47. The van der Waals surface area contributed by atoms with Crippen LogP contribution in [0.15, 0.2) is 12.3 Å². The zero-order valence-electron chi connectivity index (χ0n) is 12.1. The second-order valence-electron chi connectivity index (χ2n) is 5.80. The summed E-state index contributed by atoms with van der Waals surface area (Å²) in [6.07, 6.45) is 5.27. The van der Waals surface area contributed by atoms with E-state index in [4.69, 9.17) is 0 Å². The third-order valence-electron chi connectivity index (χ3n) is 4.41. The molecule has 4 nitrogen and oxygen atoms in total. The Hall–Kier alpha value is -1.20. The summed E-state index contributed by atoms with van der Waals surface area (Å²) in [5.41, 5.74) is 0.955. The average molecular weight is 278 g/mol. The highest BCUT2D eigenvalue weighted by molar-refractivity contribution is 5.47. The Kier molecular flexibility index (Phi) is 4.17. The van der Waals surface area contributed by atoms with Gasteiger partial charge in [0.05, 0.1) is 6.20 Å². The lowest BCUT2D eigenvalue weighted by atomic mass is 9.99. The summed E-state index contributed by atoms with van der Waals surface area (Å²) in [5.74, 6) is 0.696. The zero-order chi connectivity index (χ0) is 13.9. The normalized spacial score (nSPS) is 23.7. The molecule has 0 aliphatic carbocycles. The van der Waals surface area contributed by atoms with Gasteiger partial charge in [0.1, 0.15) is 11.6 Å². The second-order valence-corrected chi connectivity index (χ2v) is 5.80. The molecular formula is C15H23FN4. The number of piperazine rings is 1. The third kappa shape index (κ3) is 2.79. The maximum Gasteiger partial charge on any atom is 0.141 e. The molecule has 1 atom stereocenters. The Morgan fingerprint density at radius 2 is 2.25 bits per heavy atom. The van der Waals surface area contributed by atoms with Crippen molar-refractivity contribution in [1.29, 1.82) is 0 Å². The number of piperidine rings is 1. The highest BCUT2D eigenvalue weighted by atomic mass is 19.1. The summed E-state index contributed by atoms with van der Waals surface area (Å²) >= 11 is 0. The summed E-state index contributed by atoms with van der Waals surface area (Å²) < 4.78 is 13.4. The van der Waals surface area contributed by atoms with E-state index in [-0.39, 0.29) is 5.82 Å². The van der Waals surface area contributed by atoms with Crippen LogP contribution in [0.25, 0.3) is 0 Å². The van der Waals surface area contributed by atoms with Crippen molar-refractivity contribution < 1.29 is 4.39 Å². The molecule has 0 aromatic carbocycles. The number of anilines is 1. The van der Waals surface area contributed by atoms with Crippen LogP contribution in [-0.2, 0) is 6.54 Å². The largest absolute Gasteiger partial charge is 0.353 e. The van der Waals surface area contributed by atoms with Crippen molar-refractivity contribution in [2.75, 3.05) is 38.1 Å². The van der Waals surface area contributed by atoms with Gasteiger partial charge < -0.3 is 10.2 Å². The van der Waals surface area contributed by atoms with Crippen LogP contribution in [0.1, 0.15) is 24.8 Å². The van der Waals surface area contributed by atoms with E-state index in [0.717, 1.165) is 31.0 Å². The van der Waals surface area contributed by atoms with Gasteiger partial charge in [-0.25, -0.2) is 9.37 Å². The third-order valence-corrected chi connectivity index (χ3v) is 4.41. The van der Waals surface area contributed by atoms with Gasteiger partial charge in [0.2, 0.25) is 0 Å². The van der Waals surface area contributed by atoms with Crippen LogP contribution in [0.3, 0.4) is 0 Å². The monoisotopic (exact) mass is 278 g/mol. The second kappa shape index (κ2) is 6.06. The number of hydrogen-bond acceptors (Lipinski definition) is 4. The highest BCUT2D eigenvalue weighted by Gasteiger charge is 2.30. The fraction of sp³-hybridized carbons (Fsp3) is 0.667. The Morgan fingerprint density at radius 1 is 1.35 bits per heavy atom. The molecule has 2 aliphatic heterocycles. The minimum atomic E-state index is -0.254. The van der Waals surface area contributed by atoms with Gasteiger partial charge in [0.15, 0.2) is 0 Å². The van der Waals surface area contributed by atoms with Crippen LogP contribution in [-0.4, -0.2) is 49.2 Å². The van der Waals surface area contributed by atoms with E-state index in [1.165, 1.54) is 32.0 Å². The number of fused-ring (bicyclic) bond motifs is 1. The number of halogens is 1. The molecule has 5 heteroatoms. The van der Waals surface area contributed by atoms with Crippen LogP contribution in [0.5, 0.6) is 0 Å². The quantitative estimate of drug-likeness (QED) is 0.910. The van der Waals surface area contributed by atoms with Crippen molar-refractivity contribution in [3.05, 3.63) is 23.6 Å². The fourth-order valence-electron chi connectivity index (χ4n) is 3.43. The van der Waals surface area contributed by atoms with Gasteiger partial charge in [-0.05, 0) is 32.5 Å². The van der Waals surface area contributed by atoms with Gasteiger partial charge in [0.25, 0.3) is 0 Å². The first-order valence-corrected chi connectivity index (χ1v) is 7.56. The summed E-state index contributed by atoms with van der Waals surface area (Å²) in [7, 11) is 1.88. The topological polar surface area (TPSA) is 31.4 Å². The van der Waals surface area contributed by atoms with Crippen molar-refractivity contribution in [3.8, 4) is 0 Å². The predicted octanol–water partition coefficient (Wildman–Crippen LogP) is 1.61. The number of rotatable bonds is 3. The van der Waals surface area contributed by atoms with Gasteiger partial charge in [-0.15, -0.1) is 0 Å². The predicted molar refractivity (Wildman–Crippen MR) is 78.4 cm³/mol. The molecule has 1 N–H and O–H groups in total. The van der Waals surface area contributed by atoms with Gasteiger partial charge >= 0.3 is 0 Å². The minimum Gasteiger partial charge on any atom is -0.353 e. The lowest BCUT2D eigenvalue weighted by Gasteiger charge is -2.44. The molecule has 0 radical (unpaired) electrons. The van der Waals surface area contributed by atoms with E-state index in [1.807, 2.05) is 7.05 Å². The summed E-state index contributed by atoms with van der Waals surface area (Å²) in [5, 5.41) is 3.10. The first kappa shape index (κ1) is 13.8. The Morgan fingerprint density at radius 3 is 3.10 bits per heavy atom. The molecule has 0 saturated carbocycles. The van der Waals surface area contributed by atoms with Crippen molar-refractivity contribution in [1.82, 2.24) is 15.2 Å². The molecule has 2 fully saturated rings. The zero-order valence-corrected chi connectivity index (χ0v) is 12.1.